The van der Waals surface area contributed by atoms with E-state index in [-0.39, 0.29) is 24.0 Å². The largest absolute Gasteiger partial charge is 0.453 e. The Hall–Kier alpha value is -2.30. The van der Waals surface area contributed by atoms with Crippen molar-refractivity contribution >= 4 is 41.7 Å². The van der Waals surface area contributed by atoms with E-state index in [9.17, 15) is 4.79 Å². The summed E-state index contributed by atoms with van der Waals surface area (Å²) in [4.78, 5) is 15.8. The molecule has 0 aliphatic carbocycles. The molecule has 0 aliphatic rings. The molecule has 27 heavy (non-hydrogen) atoms. The second kappa shape index (κ2) is 13.0. The van der Waals surface area contributed by atoms with Crippen LogP contribution in [0.25, 0.3) is 0 Å². The maximum absolute atomic E-state index is 11.2. The Balaban J connectivity index is 0.00000364. The van der Waals surface area contributed by atoms with Gasteiger partial charge in [0.2, 0.25) is 0 Å². The Morgan fingerprint density at radius 2 is 2.04 bits per heavy atom. The van der Waals surface area contributed by atoms with E-state index < -0.39 is 6.09 Å². The number of nitrogens with zero attached hydrogens (tertiary/aromatic N) is 3. The van der Waals surface area contributed by atoms with E-state index in [2.05, 4.69) is 30.8 Å². The van der Waals surface area contributed by atoms with Crippen molar-refractivity contribution in [3.8, 4) is 0 Å². The van der Waals surface area contributed by atoms with Gasteiger partial charge in [-0.25, -0.2) is 9.79 Å². The number of ether oxygens (including phenoxy) is 1. The Kier molecular flexibility index (Phi) is 10.9. The third-order valence-electron chi connectivity index (χ3n) is 3.57. The zero-order chi connectivity index (χ0) is 18.6. The Labute approximate surface area is 176 Å². The van der Waals surface area contributed by atoms with Crippen LogP contribution < -0.4 is 16.0 Å². The molecule has 1 amide bonds. The number of methoxy groups -OCH3 is 1. The van der Waals surface area contributed by atoms with Crippen molar-refractivity contribution in [2.45, 2.75) is 26.4 Å². The van der Waals surface area contributed by atoms with Gasteiger partial charge in [-0.05, 0) is 37.1 Å². The van der Waals surface area contributed by atoms with E-state index in [4.69, 9.17) is 0 Å². The first kappa shape index (κ1) is 22.7. The summed E-state index contributed by atoms with van der Waals surface area (Å²) in [6.07, 6.45) is 4.22. The summed E-state index contributed by atoms with van der Waals surface area (Å²) in [6.45, 7) is 5.07. The van der Waals surface area contributed by atoms with Crippen molar-refractivity contribution in [2.75, 3.05) is 25.5 Å². The highest BCUT2D eigenvalue weighted by Gasteiger charge is 2.01. The first-order valence-electron chi connectivity index (χ1n) is 8.64. The van der Waals surface area contributed by atoms with Crippen molar-refractivity contribution < 1.29 is 9.53 Å². The average Bonchev–Trinajstić information content (AvgIpc) is 3.17. The highest BCUT2D eigenvalue weighted by Crippen LogP contribution is 2.10. The fourth-order valence-corrected chi connectivity index (χ4v) is 2.26. The van der Waals surface area contributed by atoms with E-state index in [1.807, 2.05) is 48.1 Å². The number of benzene rings is 1. The Bertz CT molecular complexity index is 688. The van der Waals surface area contributed by atoms with Crippen LogP contribution in [0.15, 0.2) is 47.7 Å². The smallest absolute Gasteiger partial charge is 0.411 e. The molecule has 0 atom stereocenters. The van der Waals surface area contributed by atoms with Gasteiger partial charge in [-0.3, -0.25) is 10.00 Å². The number of rotatable bonds is 8. The fourth-order valence-electron chi connectivity index (χ4n) is 2.26. The van der Waals surface area contributed by atoms with Crippen LogP contribution in [0, 0.1) is 0 Å². The van der Waals surface area contributed by atoms with Crippen LogP contribution in [0.1, 0.15) is 18.9 Å². The van der Waals surface area contributed by atoms with Gasteiger partial charge in [0.25, 0.3) is 0 Å². The quantitative estimate of drug-likeness (QED) is 0.231. The van der Waals surface area contributed by atoms with Gasteiger partial charge in [-0.1, -0.05) is 12.1 Å². The first-order chi connectivity index (χ1) is 12.7. The second-order valence-corrected chi connectivity index (χ2v) is 5.56. The van der Waals surface area contributed by atoms with Crippen molar-refractivity contribution in [1.82, 2.24) is 20.4 Å². The van der Waals surface area contributed by atoms with E-state index in [1.54, 1.807) is 6.20 Å². The molecule has 0 bridgehead atoms. The number of aromatic nitrogens is 2. The molecule has 0 aliphatic heterocycles. The molecular formula is C18H27IN6O2. The van der Waals surface area contributed by atoms with Crippen LogP contribution in [-0.2, 0) is 17.8 Å². The van der Waals surface area contributed by atoms with Gasteiger partial charge in [0.15, 0.2) is 5.96 Å². The van der Waals surface area contributed by atoms with Gasteiger partial charge in [0.1, 0.15) is 0 Å². The molecule has 1 aromatic carbocycles. The van der Waals surface area contributed by atoms with Crippen LogP contribution in [0.5, 0.6) is 0 Å². The number of aryl methyl sites for hydroxylation is 1. The molecule has 1 heterocycles. The molecule has 0 spiro atoms. The third kappa shape index (κ3) is 8.76. The van der Waals surface area contributed by atoms with Gasteiger partial charge < -0.3 is 15.4 Å². The lowest BCUT2D eigenvalue weighted by atomic mass is 10.2. The van der Waals surface area contributed by atoms with E-state index in [1.165, 1.54) is 7.11 Å². The second-order valence-electron chi connectivity index (χ2n) is 5.56. The number of halogens is 1. The number of guanidine groups is 1. The number of anilines is 1. The van der Waals surface area contributed by atoms with Gasteiger partial charge in [0.05, 0.1) is 13.7 Å². The van der Waals surface area contributed by atoms with Crippen molar-refractivity contribution in [2.24, 2.45) is 4.99 Å². The molecule has 148 valence electrons. The van der Waals surface area contributed by atoms with Crippen LogP contribution in [-0.4, -0.2) is 42.0 Å². The van der Waals surface area contributed by atoms with Gasteiger partial charge >= 0.3 is 6.09 Å². The van der Waals surface area contributed by atoms with Crippen LogP contribution in [0.2, 0.25) is 0 Å². The normalized spacial score (nSPS) is 10.7. The van der Waals surface area contributed by atoms with E-state index >= 15 is 0 Å². The molecule has 9 heteroatoms. The highest BCUT2D eigenvalue weighted by molar-refractivity contribution is 14.0. The number of carbonyl (C=O) groups excluding carboxylic acids is 1. The molecule has 3 N–H and O–H groups in total. The topological polar surface area (TPSA) is 92.6 Å². The van der Waals surface area contributed by atoms with Crippen LogP contribution in [0.4, 0.5) is 10.5 Å². The number of amides is 1. The molecule has 0 unspecified atom stereocenters. The minimum atomic E-state index is -0.482. The van der Waals surface area contributed by atoms with Crippen molar-refractivity contribution in [1.29, 1.82) is 0 Å². The molecule has 0 radical (unpaired) electrons. The molecule has 2 rings (SSSR count). The predicted molar refractivity (Wildman–Crippen MR) is 118 cm³/mol. The molecule has 0 saturated carbocycles. The standard InChI is InChI=1S/C18H26N6O2.HI/c1-3-19-17(20-10-4-12-24-13-5-11-22-24)21-14-15-6-8-16(9-7-15)23-18(25)26-2;/h5-9,11,13H,3-4,10,12,14H2,1-2H3,(H,23,25)(H2,19,20,21);1H. The fraction of sp³-hybridized carbons (Fsp3) is 0.389. The highest BCUT2D eigenvalue weighted by atomic mass is 127. The summed E-state index contributed by atoms with van der Waals surface area (Å²) in [5.41, 5.74) is 1.74. The summed E-state index contributed by atoms with van der Waals surface area (Å²) >= 11 is 0. The van der Waals surface area contributed by atoms with Gasteiger partial charge in [0, 0.05) is 37.7 Å². The summed E-state index contributed by atoms with van der Waals surface area (Å²) in [6, 6.07) is 9.43. The summed E-state index contributed by atoms with van der Waals surface area (Å²) in [7, 11) is 1.34. The predicted octanol–water partition coefficient (Wildman–Crippen LogP) is 2.82. The minimum Gasteiger partial charge on any atom is -0.453 e. The van der Waals surface area contributed by atoms with Gasteiger partial charge in [-0.15, -0.1) is 24.0 Å². The Morgan fingerprint density at radius 1 is 1.26 bits per heavy atom. The number of nitrogens with one attached hydrogen (secondary N) is 3. The molecule has 1 aromatic heterocycles. The van der Waals surface area contributed by atoms with E-state index in [0.717, 1.165) is 37.6 Å². The van der Waals surface area contributed by atoms with E-state index in [0.29, 0.717) is 12.2 Å². The van der Waals surface area contributed by atoms with Crippen LogP contribution in [0.3, 0.4) is 0 Å². The van der Waals surface area contributed by atoms with Crippen molar-refractivity contribution in [3.63, 3.8) is 0 Å². The summed E-state index contributed by atoms with van der Waals surface area (Å²) in [5.74, 6) is 0.782. The first-order valence-corrected chi connectivity index (χ1v) is 8.64. The molecule has 8 nitrogen and oxygen atoms in total. The lowest BCUT2D eigenvalue weighted by molar-refractivity contribution is 0.187. The van der Waals surface area contributed by atoms with Crippen molar-refractivity contribution in [3.05, 3.63) is 48.3 Å². The third-order valence-corrected chi connectivity index (χ3v) is 3.57. The number of hydrogen-bond acceptors (Lipinski definition) is 4. The maximum atomic E-state index is 11.2. The lowest BCUT2D eigenvalue weighted by Gasteiger charge is -2.11. The zero-order valence-corrected chi connectivity index (χ0v) is 18.0. The number of aliphatic imine (C=N–C) groups is 1. The number of carbonyl (C=O) groups is 1. The molecule has 0 fully saturated rings. The summed E-state index contributed by atoms with van der Waals surface area (Å²) in [5, 5.41) is 13.4. The van der Waals surface area contributed by atoms with Crippen LogP contribution >= 0.6 is 24.0 Å². The monoisotopic (exact) mass is 486 g/mol. The van der Waals surface area contributed by atoms with Gasteiger partial charge in [-0.2, -0.15) is 5.10 Å². The zero-order valence-electron chi connectivity index (χ0n) is 15.6. The SMILES string of the molecule is CCNC(=NCc1ccc(NC(=O)OC)cc1)NCCCn1cccn1.I. The lowest BCUT2D eigenvalue weighted by Crippen LogP contribution is -2.38. The molecule has 0 saturated heterocycles. The average molecular weight is 486 g/mol. The Morgan fingerprint density at radius 3 is 2.67 bits per heavy atom. The molecule has 2 aromatic rings. The number of hydrogen-bond donors (Lipinski definition) is 3. The minimum absolute atomic E-state index is 0. The maximum Gasteiger partial charge on any atom is 0.411 e. The summed E-state index contributed by atoms with van der Waals surface area (Å²) < 4.78 is 6.48. The molecular weight excluding hydrogens is 459 g/mol.